The van der Waals surface area contributed by atoms with Crippen molar-refractivity contribution in [2.45, 2.75) is 12.3 Å². The minimum Gasteiger partial charge on any atom is -0.486 e. The van der Waals surface area contributed by atoms with E-state index in [9.17, 15) is 14.5 Å². The lowest BCUT2D eigenvalue weighted by molar-refractivity contribution is -0.386. The summed E-state index contributed by atoms with van der Waals surface area (Å²) in [6.07, 6.45) is 0.892. The minimum absolute atomic E-state index is 0.0368. The van der Waals surface area contributed by atoms with Gasteiger partial charge in [-0.3, -0.25) is 10.1 Å². The Morgan fingerprint density at radius 3 is 2.70 bits per heavy atom. The van der Waals surface area contributed by atoms with E-state index in [2.05, 4.69) is 5.32 Å². The van der Waals surface area contributed by atoms with Crippen LogP contribution in [0.1, 0.15) is 17.9 Å². The van der Waals surface area contributed by atoms with Crippen molar-refractivity contribution in [3.8, 4) is 17.2 Å². The van der Waals surface area contributed by atoms with E-state index in [-0.39, 0.29) is 35.9 Å². The topological polar surface area (TPSA) is 82.9 Å². The van der Waals surface area contributed by atoms with Crippen LogP contribution >= 0.6 is 0 Å². The van der Waals surface area contributed by atoms with Gasteiger partial charge in [-0.05, 0) is 36.6 Å². The Bertz CT molecular complexity index is 843. The van der Waals surface area contributed by atoms with Crippen LogP contribution in [-0.2, 0) is 0 Å². The second-order valence-corrected chi connectivity index (χ2v) is 6.65. The molecule has 0 radical (unpaired) electrons. The number of nitro benzene ring substituents is 1. The molecule has 0 unspecified atom stereocenters. The zero-order valence-corrected chi connectivity index (χ0v) is 14.5. The molecular weight excluding hydrogens is 355 g/mol. The molecule has 1 saturated heterocycles. The average molecular weight is 374 g/mol. The molecule has 7 nitrogen and oxygen atoms in total. The van der Waals surface area contributed by atoms with Crippen molar-refractivity contribution in [3.05, 3.63) is 57.9 Å². The number of hydrogen-bond donors (Lipinski definition) is 1. The Morgan fingerprint density at radius 1 is 1.22 bits per heavy atom. The van der Waals surface area contributed by atoms with Crippen LogP contribution in [0.5, 0.6) is 17.2 Å². The predicted octanol–water partition coefficient (Wildman–Crippen LogP) is 3.23. The van der Waals surface area contributed by atoms with E-state index in [1.54, 1.807) is 12.1 Å². The second-order valence-electron chi connectivity index (χ2n) is 6.65. The molecule has 2 aromatic carbocycles. The van der Waals surface area contributed by atoms with Crippen LogP contribution in [0.25, 0.3) is 0 Å². The van der Waals surface area contributed by atoms with E-state index in [4.69, 9.17) is 14.2 Å². The largest absolute Gasteiger partial charge is 0.486 e. The fraction of sp³-hybridized carbons (Fsp3) is 0.368. The first kappa shape index (κ1) is 17.5. The van der Waals surface area contributed by atoms with Crippen LogP contribution in [0, 0.1) is 21.8 Å². The number of halogens is 1. The van der Waals surface area contributed by atoms with Gasteiger partial charge in [-0.25, -0.2) is 4.39 Å². The Kier molecular flexibility index (Phi) is 4.81. The third kappa shape index (κ3) is 3.66. The van der Waals surface area contributed by atoms with E-state index in [1.165, 1.54) is 24.3 Å². The highest BCUT2D eigenvalue weighted by molar-refractivity contribution is 5.58. The second kappa shape index (κ2) is 7.40. The van der Waals surface area contributed by atoms with E-state index >= 15 is 0 Å². The van der Waals surface area contributed by atoms with E-state index in [0.717, 1.165) is 25.1 Å². The van der Waals surface area contributed by atoms with Gasteiger partial charge >= 0.3 is 5.69 Å². The smallest absolute Gasteiger partial charge is 0.314 e. The fourth-order valence-corrected chi connectivity index (χ4v) is 3.61. The normalized spacial score (nSPS) is 21.1. The molecule has 8 heteroatoms. The molecular formula is C19H19FN2O5. The van der Waals surface area contributed by atoms with E-state index < -0.39 is 4.92 Å². The highest BCUT2D eigenvalue weighted by Gasteiger charge is 2.29. The summed E-state index contributed by atoms with van der Waals surface area (Å²) in [5.74, 6) is 0.975. The van der Waals surface area contributed by atoms with Crippen molar-refractivity contribution in [2.24, 2.45) is 5.92 Å². The lowest BCUT2D eigenvalue weighted by Crippen LogP contribution is -2.38. The first-order valence-corrected chi connectivity index (χ1v) is 8.79. The number of rotatable bonds is 5. The zero-order valence-electron chi connectivity index (χ0n) is 14.5. The SMILES string of the molecule is O=[N+]([O-])c1cc2c(cc1OC[C@@H]1CNCC[C@H]1c1ccc(F)cc1)OCO2. The number of piperidine rings is 1. The first-order chi connectivity index (χ1) is 13.1. The van der Waals surface area contributed by atoms with Gasteiger partial charge in [0, 0.05) is 18.5 Å². The third-order valence-electron chi connectivity index (χ3n) is 5.01. The lowest BCUT2D eigenvalue weighted by atomic mass is 9.81. The summed E-state index contributed by atoms with van der Waals surface area (Å²) in [6.45, 7) is 1.92. The maximum absolute atomic E-state index is 13.2. The third-order valence-corrected chi connectivity index (χ3v) is 5.01. The molecule has 0 aromatic heterocycles. The van der Waals surface area contributed by atoms with Crippen LogP contribution in [-0.4, -0.2) is 31.4 Å². The molecule has 0 aliphatic carbocycles. The summed E-state index contributed by atoms with van der Waals surface area (Å²) in [6, 6.07) is 9.33. The van der Waals surface area contributed by atoms with Crippen LogP contribution in [0.15, 0.2) is 36.4 Å². The van der Waals surface area contributed by atoms with Crippen molar-refractivity contribution in [3.63, 3.8) is 0 Å². The average Bonchev–Trinajstić information content (AvgIpc) is 3.14. The van der Waals surface area contributed by atoms with Gasteiger partial charge in [0.05, 0.1) is 17.6 Å². The maximum Gasteiger partial charge on any atom is 0.314 e. The predicted molar refractivity (Wildman–Crippen MR) is 94.8 cm³/mol. The molecule has 2 aromatic rings. The zero-order chi connectivity index (χ0) is 18.8. The molecule has 1 fully saturated rings. The standard InChI is InChI=1S/C19H19FN2O5/c20-14-3-1-12(2-4-14)15-5-6-21-9-13(15)10-25-17-8-19-18(26-11-27-19)7-16(17)22(23)24/h1-4,7-8,13,15,21H,5-6,9-11H2/t13-,15-/m0/s1. The monoisotopic (exact) mass is 374 g/mol. The minimum atomic E-state index is -0.492. The van der Waals surface area contributed by atoms with Gasteiger partial charge < -0.3 is 19.5 Å². The number of hydrogen-bond acceptors (Lipinski definition) is 6. The Morgan fingerprint density at radius 2 is 1.96 bits per heavy atom. The van der Waals surface area contributed by atoms with Crippen molar-refractivity contribution in [2.75, 3.05) is 26.5 Å². The van der Waals surface area contributed by atoms with Gasteiger partial charge in [-0.1, -0.05) is 12.1 Å². The maximum atomic E-state index is 13.2. The molecule has 2 aliphatic heterocycles. The number of nitro groups is 1. The highest BCUT2D eigenvalue weighted by Crippen LogP contribution is 2.42. The Hall–Kier alpha value is -2.87. The summed E-state index contributed by atoms with van der Waals surface area (Å²) in [4.78, 5) is 10.9. The first-order valence-electron chi connectivity index (χ1n) is 8.79. The number of ether oxygens (including phenoxy) is 3. The molecule has 0 spiro atoms. The number of nitrogens with zero attached hydrogens (tertiary/aromatic N) is 1. The molecule has 2 heterocycles. The van der Waals surface area contributed by atoms with Gasteiger partial charge in [0.15, 0.2) is 11.5 Å². The molecule has 1 N–H and O–H groups in total. The number of nitrogens with one attached hydrogen (secondary N) is 1. The van der Waals surface area contributed by atoms with Gasteiger partial charge in [0.25, 0.3) is 0 Å². The summed E-state index contributed by atoms with van der Waals surface area (Å²) in [5.41, 5.74) is 0.896. The van der Waals surface area contributed by atoms with Crippen molar-refractivity contribution in [1.29, 1.82) is 0 Å². The van der Waals surface area contributed by atoms with Crippen molar-refractivity contribution in [1.82, 2.24) is 5.32 Å². The summed E-state index contributed by atoms with van der Waals surface area (Å²) >= 11 is 0. The highest BCUT2D eigenvalue weighted by atomic mass is 19.1. The van der Waals surface area contributed by atoms with Gasteiger partial charge in [0.1, 0.15) is 5.82 Å². The van der Waals surface area contributed by atoms with Crippen molar-refractivity contribution < 1.29 is 23.5 Å². The van der Waals surface area contributed by atoms with Gasteiger partial charge in [-0.15, -0.1) is 0 Å². The molecule has 4 rings (SSSR count). The van der Waals surface area contributed by atoms with Gasteiger partial charge in [-0.2, -0.15) is 0 Å². The molecule has 2 atom stereocenters. The van der Waals surface area contributed by atoms with Crippen molar-refractivity contribution >= 4 is 5.69 Å². The fourth-order valence-electron chi connectivity index (χ4n) is 3.61. The van der Waals surface area contributed by atoms with Crippen LogP contribution < -0.4 is 19.5 Å². The number of benzene rings is 2. The Labute approximate surface area is 155 Å². The summed E-state index contributed by atoms with van der Waals surface area (Å²) < 4.78 is 29.6. The van der Waals surface area contributed by atoms with E-state index in [0.29, 0.717) is 18.1 Å². The molecule has 0 bridgehead atoms. The quantitative estimate of drug-likeness (QED) is 0.639. The Balaban J connectivity index is 1.53. The molecule has 142 valence electrons. The summed E-state index contributed by atoms with van der Waals surface area (Å²) in [7, 11) is 0. The van der Waals surface area contributed by atoms with E-state index in [1.807, 2.05) is 0 Å². The molecule has 2 aliphatic rings. The number of fused-ring (bicyclic) bond motifs is 1. The molecule has 27 heavy (non-hydrogen) atoms. The van der Waals surface area contributed by atoms with Crippen LogP contribution in [0.3, 0.4) is 0 Å². The van der Waals surface area contributed by atoms with Gasteiger partial charge in [0.2, 0.25) is 12.5 Å². The molecule has 0 amide bonds. The van der Waals surface area contributed by atoms with Crippen LogP contribution in [0.2, 0.25) is 0 Å². The molecule has 0 saturated carbocycles. The summed E-state index contributed by atoms with van der Waals surface area (Å²) in [5, 5.41) is 14.7. The lowest BCUT2D eigenvalue weighted by Gasteiger charge is -2.32. The van der Waals surface area contributed by atoms with Crippen LogP contribution in [0.4, 0.5) is 10.1 Å².